The molecule has 8 aliphatic rings. The van der Waals surface area contributed by atoms with Crippen LogP contribution in [0.2, 0.25) is 0 Å². The summed E-state index contributed by atoms with van der Waals surface area (Å²) in [6.07, 6.45) is 9.23. The summed E-state index contributed by atoms with van der Waals surface area (Å²) in [4.78, 5) is 152. The minimum absolute atomic E-state index is 0.0317. The van der Waals surface area contributed by atoms with Crippen LogP contribution in [-0.2, 0) is 85.9 Å². The summed E-state index contributed by atoms with van der Waals surface area (Å²) in [5.41, 5.74) is 0.845. The summed E-state index contributed by atoms with van der Waals surface area (Å²) in [5, 5.41) is 0. The quantitative estimate of drug-likeness (QED) is 0.113. The Hall–Kier alpha value is -7.96. The van der Waals surface area contributed by atoms with E-state index in [1.807, 2.05) is 117 Å². The summed E-state index contributed by atoms with van der Waals surface area (Å²) in [5.74, 6) is -2.92. The molecule has 0 spiro atoms. The van der Waals surface area contributed by atoms with Gasteiger partial charge in [-0.05, 0) is 125 Å². The van der Waals surface area contributed by atoms with Crippen LogP contribution < -0.4 is 5.56 Å². The highest BCUT2D eigenvalue weighted by atomic mass is 16.6. The molecule has 8 aliphatic heterocycles. The van der Waals surface area contributed by atoms with Crippen molar-refractivity contribution in [2.75, 3.05) is 112 Å². The van der Waals surface area contributed by atoms with Crippen LogP contribution in [0.1, 0.15) is 131 Å². The molecule has 94 heavy (non-hydrogen) atoms. The molecule has 0 atom stereocenters. The van der Waals surface area contributed by atoms with E-state index in [2.05, 4.69) is 49.5 Å². The van der Waals surface area contributed by atoms with Gasteiger partial charge in [0.05, 0.1) is 51.7 Å². The van der Waals surface area contributed by atoms with E-state index >= 15 is 0 Å². The molecular formula is C64H105N11O19. The molecule has 6 fully saturated rings. The smallest absolute Gasteiger partial charge is 0.397 e. The average Bonchev–Trinajstić information content (AvgIpc) is 1.09. The normalized spacial score (nSPS) is 18.6. The van der Waals surface area contributed by atoms with Gasteiger partial charge in [-0.2, -0.15) is 0 Å². The average molecular weight is 1330 g/mol. The number of hydrogen-bond donors (Lipinski definition) is 0. The van der Waals surface area contributed by atoms with Gasteiger partial charge in [0, 0.05) is 98.3 Å². The third kappa shape index (κ3) is 32.3. The van der Waals surface area contributed by atoms with Crippen molar-refractivity contribution in [3.63, 3.8) is 0 Å². The molecular weight excluding hydrogens is 1230 g/mol. The largest absolute Gasteiger partial charge is 0.463 e. The molecule has 0 aromatic carbocycles. The number of aromatic nitrogens is 2. The van der Waals surface area contributed by atoms with Gasteiger partial charge in [-0.25, -0.2) is 9.59 Å². The van der Waals surface area contributed by atoms with Gasteiger partial charge in [-0.3, -0.25) is 72.6 Å². The zero-order chi connectivity index (χ0) is 71.5. The van der Waals surface area contributed by atoms with Crippen LogP contribution in [0.5, 0.6) is 0 Å². The highest BCUT2D eigenvalue weighted by Crippen LogP contribution is 2.13. The number of morpholine rings is 6. The van der Waals surface area contributed by atoms with E-state index in [0.29, 0.717) is 82.8 Å². The Morgan fingerprint density at radius 3 is 1.38 bits per heavy atom. The summed E-state index contributed by atoms with van der Waals surface area (Å²) in [6, 6.07) is 2.22. The van der Waals surface area contributed by atoms with E-state index in [1.54, 1.807) is 41.9 Å². The Balaban J connectivity index is 0.000000529. The molecule has 0 saturated carbocycles. The van der Waals surface area contributed by atoms with E-state index in [1.165, 1.54) is 28.5 Å². The standard InChI is InChI=1S/C8H13NO2.C7H12N2O.C7H10N2O.3C7H11NO3.2C7H13NO2.C7H11NO2/c1-6(2)9-4-8(10)11-5-7(9)3;2*1-6(2)9-4-3-8-5-7(9)10;1-5(2)8-6(9)3-11-4-7(8)10;1-5(2)8-3-6(9)11-7(10)4-8;1-5(2)8-3-4-11-7(10)6(8)9;1-6(2)8-3-4-10-5-7(8)9;2*1-6(2)8-3-4-10-7(9)5-8/h6H,3-5H2,1-2H3;5-6H,3-4H2,1-2H3;3-6H,1-2H3;3*5H,3-4H2,1-2H3;2*6H,3-5H2,1-2H3;3-4,6H,5H2,1-2H3. The number of nitrogens with zero attached hydrogens (tertiary/aromatic N) is 11. The molecule has 530 valence electrons. The number of ether oxygens (including phenoxy) is 7. The predicted octanol–water partition coefficient (Wildman–Crippen LogP) is 2.47. The van der Waals surface area contributed by atoms with E-state index in [9.17, 15) is 57.5 Å². The molecule has 0 unspecified atom stereocenters. The van der Waals surface area contributed by atoms with E-state index in [4.69, 9.17) is 18.9 Å². The van der Waals surface area contributed by atoms with Crippen molar-refractivity contribution in [3.05, 3.63) is 53.7 Å². The predicted molar refractivity (Wildman–Crippen MR) is 347 cm³/mol. The van der Waals surface area contributed by atoms with Crippen LogP contribution in [0, 0.1) is 0 Å². The third-order valence-corrected chi connectivity index (χ3v) is 14.1. The topological polar surface area (TPSA) is 326 Å². The van der Waals surface area contributed by atoms with Gasteiger partial charge in [-0.1, -0.05) is 6.58 Å². The lowest BCUT2D eigenvalue weighted by atomic mass is 10.2. The molecule has 0 radical (unpaired) electrons. The number of imide groups is 1. The molecule has 6 saturated heterocycles. The molecule has 30 nitrogen and oxygen atoms in total. The van der Waals surface area contributed by atoms with Crippen LogP contribution in [0.4, 0.5) is 0 Å². The molecule has 0 N–H and O–H groups in total. The Labute approximate surface area is 553 Å². The number of carbonyl (C=O) groups excluding carboxylic acids is 11. The van der Waals surface area contributed by atoms with Crippen LogP contribution in [0.15, 0.2) is 53.1 Å². The summed E-state index contributed by atoms with van der Waals surface area (Å²) in [7, 11) is 0. The highest BCUT2D eigenvalue weighted by Gasteiger charge is 2.31. The Kier molecular flexibility index (Phi) is 39.2. The van der Waals surface area contributed by atoms with Gasteiger partial charge >= 0.3 is 41.7 Å². The second-order valence-electron chi connectivity index (χ2n) is 24.4. The molecule has 1 aromatic rings. The maximum absolute atomic E-state index is 11.0. The third-order valence-electron chi connectivity index (χ3n) is 14.1. The lowest BCUT2D eigenvalue weighted by Crippen LogP contribution is -2.49. The second-order valence-corrected chi connectivity index (χ2v) is 24.4. The van der Waals surface area contributed by atoms with Crippen LogP contribution >= 0.6 is 0 Å². The monoisotopic (exact) mass is 1330 g/mol. The molecule has 9 heterocycles. The number of aliphatic imine (C=N–C) groups is 1. The van der Waals surface area contributed by atoms with Gasteiger partial charge in [0.25, 0.3) is 23.3 Å². The van der Waals surface area contributed by atoms with Crippen molar-refractivity contribution in [2.45, 2.75) is 179 Å². The van der Waals surface area contributed by atoms with Crippen molar-refractivity contribution < 1.29 is 85.9 Å². The van der Waals surface area contributed by atoms with Crippen molar-refractivity contribution in [2.24, 2.45) is 4.99 Å². The van der Waals surface area contributed by atoms with Gasteiger partial charge in [0.2, 0.25) is 5.91 Å². The molecule has 0 bridgehead atoms. The van der Waals surface area contributed by atoms with Crippen molar-refractivity contribution in [3.8, 4) is 0 Å². The molecule has 30 heteroatoms. The van der Waals surface area contributed by atoms with Crippen LogP contribution in [0.25, 0.3) is 0 Å². The Morgan fingerprint density at radius 1 is 0.457 bits per heavy atom. The first-order valence-electron chi connectivity index (χ1n) is 31.7. The SMILES string of the molecule is C=C1COC(=O)CN1C(C)C.CC(C)N1C(=O)COCC1=O.CC(C)N1C=COC(=O)C1.CC(C)N1CC(=O)OC(=O)C1.CC(C)N1CCN=CC1=O.CC(C)N1CCOC(=O)C1.CC(C)N1CCOC(=O)C1=O.CC(C)N1CCOCC1=O.CC(C)n1ccncc1=O. The first-order chi connectivity index (χ1) is 44.0. The first-order valence-corrected chi connectivity index (χ1v) is 31.7. The van der Waals surface area contributed by atoms with Crippen molar-refractivity contribution in [1.82, 2.24) is 48.8 Å². The number of rotatable bonds is 9. The van der Waals surface area contributed by atoms with Crippen molar-refractivity contribution >= 4 is 71.6 Å². The van der Waals surface area contributed by atoms with E-state index < -0.39 is 23.8 Å². The lowest BCUT2D eigenvalue weighted by molar-refractivity contribution is -0.168. The zero-order valence-corrected chi connectivity index (χ0v) is 58.6. The Bertz CT molecular complexity index is 2720. The summed E-state index contributed by atoms with van der Waals surface area (Å²) >= 11 is 0. The first kappa shape index (κ1) is 84.1. The minimum atomic E-state index is -0.732. The fraction of sp³-hybridized carbons (Fsp3) is 0.688. The van der Waals surface area contributed by atoms with Gasteiger partial charge in [0.15, 0.2) is 0 Å². The number of amides is 5. The highest BCUT2D eigenvalue weighted by molar-refractivity contribution is 6.32. The maximum Gasteiger partial charge on any atom is 0.397 e. The molecule has 9 rings (SSSR count). The number of hydrogen-bond acceptors (Lipinski definition) is 25. The number of cyclic esters (lactones) is 6. The lowest BCUT2D eigenvalue weighted by Gasteiger charge is -2.33. The van der Waals surface area contributed by atoms with E-state index in [-0.39, 0.29) is 104 Å². The van der Waals surface area contributed by atoms with Gasteiger partial charge in [-0.15, -0.1) is 0 Å². The fourth-order valence-electron chi connectivity index (χ4n) is 8.78. The number of carbonyl (C=O) groups is 11. The van der Waals surface area contributed by atoms with Gasteiger partial charge in [0.1, 0.15) is 59.0 Å². The second kappa shape index (κ2) is 43.8. The fourth-order valence-corrected chi connectivity index (χ4v) is 8.78. The maximum atomic E-state index is 11.0. The molecule has 0 aliphatic carbocycles. The van der Waals surface area contributed by atoms with Crippen LogP contribution in [-0.4, -0.2) is 280 Å². The molecule has 1 aromatic heterocycles. The van der Waals surface area contributed by atoms with Gasteiger partial charge < -0.3 is 62.2 Å². The Morgan fingerprint density at radius 2 is 0.989 bits per heavy atom. The van der Waals surface area contributed by atoms with Crippen LogP contribution in [0.3, 0.4) is 0 Å². The number of esters is 6. The zero-order valence-electron chi connectivity index (χ0n) is 58.6. The molecule has 5 amide bonds. The minimum Gasteiger partial charge on any atom is -0.463 e. The van der Waals surface area contributed by atoms with Crippen molar-refractivity contribution in [1.29, 1.82) is 0 Å². The summed E-state index contributed by atoms with van der Waals surface area (Å²) < 4.78 is 34.4. The summed E-state index contributed by atoms with van der Waals surface area (Å²) in [6.45, 7) is 46.8. The van der Waals surface area contributed by atoms with E-state index in [0.717, 1.165) is 31.9 Å².